The monoisotopic (exact) mass is 357 g/mol. The molecule has 2 aromatic carbocycles. The molecule has 1 N–H and O–H groups in total. The van der Waals surface area contributed by atoms with Gasteiger partial charge in [-0.3, -0.25) is 0 Å². The molecule has 0 fully saturated rings. The average Bonchev–Trinajstić information content (AvgIpc) is 2.33. The summed E-state index contributed by atoms with van der Waals surface area (Å²) in [5.41, 5.74) is 3.30. The van der Waals surface area contributed by atoms with Crippen LogP contribution >= 0.6 is 39.1 Å². The molecule has 0 heterocycles. The van der Waals surface area contributed by atoms with Gasteiger partial charge in [-0.2, -0.15) is 0 Å². The highest BCUT2D eigenvalue weighted by molar-refractivity contribution is 9.10. The highest BCUT2D eigenvalue weighted by atomic mass is 79.9. The van der Waals surface area contributed by atoms with E-state index >= 15 is 0 Å². The zero-order valence-corrected chi connectivity index (χ0v) is 13.8. The van der Waals surface area contributed by atoms with Crippen LogP contribution in [0, 0.1) is 6.92 Å². The van der Waals surface area contributed by atoms with Gasteiger partial charge in [-0.15, -0.1) is 0 Å². The first-order valence-electron chi connectivity index (χ1n) is 5.95. The Balaban J connectivity index is 2.20. The highest BCUT2D eigenvalue weighted by Crippen LogP contribution is 2.29. The minimum Gasteiger partial charge on any atom is -0.378 e. The first-order chi connectivity index (χ1) is 8.97. The predicted molar refractivity (Wildman–Crippen MR) is 87.4 cm³/mol. The lowest BCUT2D eigenvalue weighted by molar-refractivity contribution is 0.884. The van der Waals surface area contributed by atoms with Crippen molar-refractivity contribution in [1.82, 2.24) is 0 Å². The Morgan fingerprint density at radius 1 is 1.11 bits per heavy atom. The van der Waals surface area contributed by atoms with Crippen LogP contribution in [0.4, 0.5) is 5.69 Å². The van der Waals surface area contributed by atoms with E-state index in [0.29, 0.717) is 10.0 Å². The van der Waals surface area contributed by atoms with Crippen molar-refractivity contribution in [2.24, 2.45) is 0 Å². The fraction of sp³-hybridized carbons (Fsp3) is 0.200. The fourth-order valence-electron chi connectivity index (χ4n) is 1.91. The smallest absolute Gasteiger partial charge is 0.0500 e. The first kappa shape index (κ1) is 14.7. The van der Waals surface area contributed by atoms with E-state index in [1.54, 1.807) is 6.07 Å². The van der Waals surface area contributed by atoms with E-state index < -0.39 is 0 Å². The molecular weight excluding hydrogens is 345 g/mol. The van der Waals surface area contributed by atoms with Crippen molar-refractivity contribution >= 4 is 44.8 Å². The molecule has 19 heavy (non-hydrogen) atoms. The molecule has 1 atom stereocenters. The number of nitrogens with one attached hydrogen (secondary N) is 1. The molecule has 100 valence electrons. The standard InChI is InChI=1S/C15H14BrCl2N/c1-9-7-12(4-6-14(9)16)19-10(2)13-5-3-11(17)8-15(13)18/h3-8,10,19H,1-2H3. The molecule has 0 amide bonds. The molecular formula is C15H14BrCl2N. The van der Waals surface area contributed by atoms with E-state index in [4.69, 9.17) is 23.2 Å². The maximum Gasteiger partial charge on any atom is 0.0500 e. The summed E-state index contributed by atoms with van der Waals surface area (Å²) in [5.74, 6) is 0. The molecule has 0 bridgehead atoms. The molecule has 2 rings (SSSR count). The molecule has 0 saturated carbocycles. The van der Waals surface area contributed by atoms with Crippen molar-refractivity contribution < 1.29 is 0 Å². The second-order valence-corrected chi connectivity index (χ2v) is 6.19. The Morgan fingerprint density at radius 3 is 2.47 bits per heavy atom. The van der Waals surface area contributed by atoms with Gasteiger partial charge in [0.25, 0.3) is 0 Å². The number of benzene rings is 2. The second kappa shape index (κ2) is 6.17. The minimum atomic E-state index is 0.116. The van der Waals surface area contributed by atoms with Gasteiger partial charge in [0.05, 0.1) is 0 Å². The molecule has 1 nitrogen and oxygen atoms in total. The minimum absolute atomic E-state index is 0.116. The lowest BCUT2D eigenvalue weighted by atomic mass is 10.1. The van der Waals surface area contributed by atoms with E-state index in [1.807, 2.05) is 24.3 Å². The van der Waals surface area contributed by atoms with E-state index in [1.165, 1.54) is 5.56 Å². The van der Waals surface area contributed by atoms with Crippen molar-refractivity contribution in [3.63, 3.8) is 0 Å². The lowest BCUT2D eigenvalue weighted by Crippen LogP contribution is -2.07. The van der Waals surface area contributed by atoms with Crippen molar-refractivity contribution in [3.8, 4) is 0 Å². The molecule has 0 aliphatic heterocycles. The van der Waals surface area contributed by atoms with Crippen LogP contribution in [0.2, 0.25) is 10.0 Å². The molecule has 1 unspecified atom stereocenters. The summed E-state index contributed by atoms with van der Waals surface area (Å²) >= 11 is 15.6. The van der Waals surface area contributed by atoms with Crippen LogP contribution in [0.25, 0.3) is 0 Å². The normalized spacial score (nSPS) is 12.3. The van der Waals surface area contributed by atoms with Crippen molar-refractivity contribution in [3.05, 3.63) is 62.0 Å². The second-order valence-electron chi connectivity index (χ2n) is 4.50. The van der Waals surface area contributed by atoms with Gasteiger partial charge >= 0.3 is 0 Å². The number of hydrogen-bond acceptors (Lipinski definition) is 1. The van der Waals surface area contributed by atoms with Crippen LogP contribution in [0.3, 0.4) is 0 Å². The highest BCUT2D eigenvalue weighted by Gasteiger charge is 2.10. The fourth-order valence-corrected chi connectivity index (χ4v) is 2.73. The Morgan fingerprint density at radius 2 is 1.84 bits per heavy atom. The van der Waals surface area contributed by atoms with Gasteiger partial charge in [0.15, 0.2) is 0 Å². The number of rotatable bonds is 3. The Hall–Kier alpha value is -0.700. The van der Waals surface area contributed by atoms with E-state index in [-0.39, 0.29) is 6.04 Å². The van der Waals surface area contributed by atoms with Crippen LogP contribution in [0.15, 0.2) is 40.9 Å². The lowest BCUT2D eigenvalue weighted by Gasteiger charge is -2.18. The third kappa shape index (κ3) is 3.65. The topological polar surface area (TPSA) is 12.0 Å². The zero-order valence-electron chi connectivity index (χ0n) is 10.7. The molecule has 4 heteroatoms. The summed E-state index contributed by atoms with van der Waals surface area (Å²) < 4.78 is 1.11. The van der Waals surface area contributed by atoms with Crippen molar-refractivity contribution in [1.29, 1.82) is 0 Å². The molecule has 0 spiro atoms. The van der Waals surface area contributed by atoms with Gasteiger partial charge in [0.1, 0.15) is 0 Å². The van der Waals surface area contributed by atoms with Crippen LogP contribution in [-0.2, 0) is 0 Å². The van der Waals surface area contributed by atoms with Gasteiger partial charge in [0.2, 0.25) is 0 Å². The summed E-state index contributed by atoms with van der Waals surface area (Å²) in [6, 6.07) is 11.9. The van der Waals surface area contributed by atoms with Crippen molar-refractivity contribution in [2.75, 3.05) is 5.32 Å². The number of halogens is 3. The molecule has 0 aliphatic rings. The summed E-state index contributed by atoms with van der Waals surface area (Å²) in [5, 5.41) is 4.77. The SMILES string of the molecule is Cc1cc(NC(C)c2ccc(Cl)cc2Cl)ccc1Br. The molecule has 0 aromatic heterocycles. The molecule has 0 radical (unpaired) electrons. The largest absolute Gasteiger partial charge is 0.378 e. The van der Waals surface area contributed by atoms with E-state index in [2.05, 4.69) is 41.2 Å². The van der Waals surface area contributed by atoms with Gasteiger partial charge in [-0.25, -0.2) is 0 Å². The van der Waals surface area contributed by atoms with Crippen molar-refractivity contribution in [2.45, 2.75) is 19.9 Å². The number of anilines is 1. The summed E-state index contributed by atoms with van der Waals surface area (Å²) in [7, 11) is 0. The third-order valence-electron chi connectivity index (χ3n) is 2.97. The average molecular weight is 359 g/mol. The van der Waals surface area contributed by atoms with Crippen LogP contribution in [0.1, 0.15) is 24.1 Å². The summed E-state index contributed by atoms with van der Waals surface area (Å²) in [6.45, 7) is 4.14. The van der Waals surface area contributed by atoms with Crippen LogP contribution in [-0.4, -0.2) is 0 Å². The number of aryl methyl sites for hydroxylation is 1. The van der Waals surface area contributed by atoms with Gasteiger partial charge in [-0.05, 0) is 55.3 Å². The van der Waals surface area contributed by atoms with Crippen LogP contribution < -0.4 is 5.32 Å². The van der Waals surface area contributed by atoms with E-state index in [0.717, 1.165) is 15.7 Å². The van der Waals surface area contributed by atoms with Gasteiger partial charge in [-0.1, -0.05) is 45.2 Å². The quantitative estimate of drug-likeness (QED) is 0.684. The Bertz CT molecular complexity index is 599. The van der Waals surface area contributed by atoms with Crippen LogP contribution in [0.5, 0.6) is 0 Å². The van der Waals surface area contributed by atoms with Gasteiger partial charge in [0, 0.05) is 26.2 Å². The summed E-state index contributed by atoms with van der Waals surface area (Å²) in [4.78, 5) is 0. The molecule has 0 aliphatic carbocycles. The maximum absolute atomic E-state index is 6.22. The predicted octanol–water partition coefficient (Wildman–Crippen LogP) is 6.24. The Kier molecular flexibility index (Phi) is 4.77. The third-order valence-corrected chi connectivity index (χ3v) is 4.42. The molecule has 2 aromatic rings. The molecule has 0 saturated heterocycles. The summed E-state index contributed by atoms with van der Waals surface area (Å²) in [6.07, 6.45) is 0. The Labute approximate surface area is 132 Å². The number of hydrogen-bond donors (Lipinski definition) is 1. The first-order valence-corrected chi connectivity index (χ1v) is 7.50. The van der Waals surface area contributed by atoms with Gasteiger partial charge < -0.3 is 5.32 Å². The van der Waals surface area contributed by atoms with E-state index in [9.17, 15) is 0 Å². The maximum atomic E-state index is 6.22. The zero-order chi connectivity index (χ0) is 14.0.